The van der Waals surface area contributed by atoms with E-state index in [2.05, 4.69) is 30.8 Å². The standard InChI is InChI=1S/C8H16N2/c1-6-4-9(2)7-5-10(3)8(6)7/h6-8H,4-5H2,1-3H3/t6-,7+,8?/m0/s1. The molecule has 2 aliphatic rings. The Balaban J connectivity index is 2.09. The van der Waals surface area contributed by atoms with E-state index < -0.39 is 0 Å². The molecule has 1 unspecified atom stereocenters. The van der Waals surface area contributed by atoms with Crippen LogP contribution >= 0.6 is 0 Å². The minimum Gasteiger partial charge on any atom is -0.300 e. The van der Waals surface area contributed by atoms with Crippen molar-refractivity contribution in [2.45, 2.75) is 19.0 Å². The molecule has 58 valence electrons. The van der Waals surface area contributed by atoms with E-state index in [0.717, 1.165) is 18.0 Å². The first kappa shape index (κ1) is 6.62. The number of likely N-dealkylation sites (tertiary alicyclic amines) is 2. The molecule has 0 spiro atoms. The first-order valence-electron chi connectivity index (χ1n) is 4.10. The highest BCUT2D eigenvalue weighted by atomic mass is 15.4. The van der Waals surface area contributed by atoms with Gasteiger partial charge in [-0.1, -0.05) is 6.92 Å². The van der Waals surface area contributed by atoms with E-state index in [4.69, 9.17) is 0 Å². The number of hydrogen-bond donors (Lipinski definition) is 0. The van der Waals surface area contributed by atoms with Gasteiger partial charge >= 0.3 is 0 Å². The van der Waals surface area contributed by atoms with Gasteiger partial charge in [-0.15, -0.1) is 0 Å². The fourth-order valence-corrected chi connectivity index (χ4v) is 2.59. The van der Waals surface area contributed by atoms with E-state index >= 15 is 0 Å². The van der Waals surface area contributed by atoms with Crippen molar-refractivity contribution in [1.82, 2.24) is 9.80 Å². The summed E-state index contributed by atoms with van der Waals surface area (Å²) in [5.41, 5.74) is 0. The van der Waals surface area contributed by atoms with E-state index in [-0.39, 0.29) is 0 Å². The predicted octanol–water partition coefficient (Wildman–Crippen LogP) is 0.250. The fourth-order valence-electron chi connectivity index (χ4n) is 2.59. The largest absolute Gasteiger partial charge is 0.300 e. The van der Waals surface area contributed by atoms with Crippen molar-refractivity contribution in [2.24, 2.45) is 5.92 Å². The molecule has 0 aromatic carbocycles. The summed E-state index contributed by atoms with van der Waals surface area (Å²) in [5.74, 6) is 0.883. The van der Waals surface area contributed by atoms with Gasteiger partial charge in [0, 0.05) is 25.2 Å². The van der Waals surface area contributed by atoms with Crippen molar-refractivity contribution < 1.29 is 0 Å². The molecular weight excluding hydrogens is 124 g/mol. The summed E-state index contributed by atoms with van der Waals surface area (Å²) in [7, 11) is 4.48. The third-order valence-corrected chi connectivity index (χ3v) is 3.10. The number of rotatable bonds is 0. The molecule has 2 heteroatoms. The van der Waals surface area contributed by atoms with Gasteiger partial charge in [-0.25, -0.2) is 0 Å². The zero-order valence-corrected chi connectivity index (χ0v) is 7.04. The normalized spacial score (nSPS) is 48.9. The third kappa shape index (κ3) is 0.663. The molecule has 2 saturated heterocycles. The highest BCUT2D eigenvalue weighted by Gasteiger charge is 2.47. The smallest absolute Gasteiger partial charge is 0.0378 e. The minimum absolute atomic E-state index is 0.866. The summed E-state index contributed by atoms with van der Waals surface area (Å²) in [6, 6.07) is 1.74. The van der Waals surface area contributed by atoms with Crippen molar-refractivity contribution in [3.05, 3.63) is 0 Å². The second-order valence-corrected chi connectivity index (χ2v) is 3.91. The van der Waals surface area contributed by atoms with Crippen molar-refractivity contribution in [1.29, 1.82) is 0 Å². The van der Waals surface area contributed by atoms with E-state index in [0.29, 0.717) is 0 Å². The van der Waals surface area contributed by atoms with Crippen LogP contribution in [0.1, 0.15) is 6.92 Å². The van der Waals surface area contributed by atoms with Crippen LogP contribution in [0, 0.1) is 5.92 Å². The first-order valence-corrected chi connectivity index (χ1v) is 4.10. The van der Waals surface area contributed by atoms with Gasteiger partial charge in [-0.3, -0.25) is 4.90 Å². The topological polar surface area (TPSA) is 6.48 Å². The monoisotopic (exact) mass is 140 g/mol. The Hall–Kier alpha value is -0.0800. The van der Waals surface area contributed by atoms with Crippen LogP contribution in [0.3, 0.4) is 0 Å². The molecule has 0 radical (unpaired) electrons. The molecule has 2 fully saturated rings. The highest BCUT2D eigenvalue weighted by Crippen LogP contribution is 2.33. The zero-order valence-electron chi connectivity index (χ0n) is 7.04. The van der Waals surface area contributed by atoms with Gasteiger partial charge in [0.05, 0.1) is 0 Å². The molecule has 0 bridgehead atoms. The Morgan fingerprint density at radius 3 is 2.20 bits per heavy atom. The highest BCUT2D eigenvalue weighted by molar-refractivity contribution is 5.04. The second-order valence-electron chi connectivity index (χ2n) is 3.91. The molecule has 2 nitrogen and oxygen atoms in total. The molecular formula is C8H16N2. The van der Waals surface area contributed by atoms with Crippen LogP contribution < -0.4 is 0 Å². The lowest BCUT2D eigenvalue weighted by molar-refractivity contribution is 0.0449. The lowest BCUT2D eigenvalue weighted by Gasteiger charge is -2.45. The van der Waals surface area contributed by atoms with Crippen LogP contribution in [0.25, 0.3) is 0 Å². The predicted molar refractivity (Wildman–Crippen MR) is 42.0 cm³/mol. The summed E-state index contributed by atoms with van der Waals surface area (Å²) in [5, 5.41) is 0. The number of likely N-dealkylation sites (N-methyl/N-ethyl adjacent to an activating group) is 2. The maximum Gasteiger partial charge on any atom is 0.0378 e. The van der Waals surface area contributed by atoms with E-state index in [9.17, 15) is 0 Å². The van der Waals surface area contributed by atoms with Crippen LogP contribution in [-0.2, 0) is 0 Å². The maximum absolute atomic E-state index is 2.50. The van der Waals surface area contributed by atoms with Gasteiger partial charge in [-0.2, -0.15) is 0 Å². The summed E-state index contributed by atoms with van der Waals surface area (Å²) < 4.78 is 0. The summed E-state index contributed by atoms with van der Waals surface area (Å²) in [4.78, 5) is 4.97. The van der Waals surface area contributed by atoms with E-state index in [1.807, 2.05) is 0 Å². The van der Waals surface area contributed by atoms with Gasteiger partial charge in [0.1, 0.15) is 0 Å². The Morgan fingerprint density at radius 1 is 1.10 bits per heavy atom. The molecule has 0 amide bonds. The Bertz CT molecular complexity index is 146. The maximum atomic E-state index is 2.50. The molecule has 10 heavy (non-hydrogen) atoms. The molecule has 0 aromatic rings. The summed E-state index contributed by atoms with van der Waals surface area (Å²) in [6.07, 6.45) is 0. The van der Waals surface area contributed by atoms with Crippen LogP contribution in [0.15, 0.2) is 0 Å². The van der Waals surface area contributed by atoms with Crippen molar-refractivity contribution in [3.63, 3.8) is 0 Å². The lowest BCUT2D eigenvalue weighted by atomic mass is 9.92. The van der Waals surface area contributed by atoms with Crippen LogP contribution in [0.4, 0.5) is 0 Å². The van der Waals surface area contributed by atoms with E-state index in [1.54, 1.807) is 0 Å². The number of nitrogens with zero attached hydrogens (tertiary/aromatic N) is 2. The average Bonchev–Trinajstić information content (AvgIpc) is 2.01. The zero-order chi connectivity index (χ0) is 7.30. The van der Waals surface area contributed by atoms with Crippen LogP contribution in [0.2, 0.25) is 0 Å². The number of hydrogen-bond acceptors (Lipinski definition) is 2. The second kappa shape index (κ2) is 1.95. The average molecular weight is 140 g/mol. The summed E-state index contributed by atoms with van der Waals surface area (Å²) >= 11 is 0. The Morgan fingerprint density at radius 2 is 1.80 bits per heavy atom. The van der Waals surface area contributed by atoms with Crippen molar-refractivity contribution in [3.8, 4) is 0 Å². The third-order valence-electron chi connectivity index (χ3n) is 3.10. The Kier molecular flexibility index (Phi) is 1.29. The van der Waals surface area contributed by atoms with Crippen LogP contribution in [-0.4, -0.2) is 49.1 Å². The fraction of sp³-hybridized carbons (Fsp3) is 1.00. The minimum atomic E-state index is 0.866. The van der Waals surface area contributed by atoms with Gasteiger partial charge in [0.15, 0.2) is 0 Å². The summed E-state index contributed by atoms with van der Waals surface area (Å²) in [6.45, 7) is 4.93. The molecule has 2 heterocycles. The quantitative estimate of drug-likeness (QED) is 0.476. The van der Waals surface area contributed by atoms with Crippen LogP contribution in [0.5, 0.6) is 0 Å². The number of fused-ring (bicyclic) bond motifs is 1. The molecule has 0 saturated carbocycles. The van der Waals surface area contributed by atoms with Crippen molar-refractivity contribution >= 4 is 0 Å². The van der Waals surface area contributed by atoms with Gasteiger partial charge < -0.3 is 4.90 Å². The van der Waals surface area contributed by atoms with E-state index in [1.165, 1.54) is 13.1 Å². The molecule has 2 aliphatic heterocycles. The molecule has 0 aromatic heterocycles. The lowest BCUT2D eigenvalue weighted by Crippen LogP contribution is -2.60. The SMILES string of the molecule is C[C@H]1CN(C)[C@@H]2CN(C)C21. The molecule has 3 atom stereocenters. The van der Waals surface area contributed by atoms with Gasteiger partial charge in [0.2, 0.25) is 0 Å². The molecule has 0 aliphatic carbocycles. The Labute approximate surface area is 62.8 Å². The molecule has 0 N–H and O–H groups in total. The van der Waals surface area contributed by atoms with Crippen molar-refractivity contribution in [2.75, 3.05) is 27.2 Å². The van der Waals surface area contributed by atoms with Gasteiger partial charge in [0.25, 0.3) is 0 Å². The van der Waals surface area contributed by atoms with Gasteiger partial charge in [-0.05, 0) is 20.0 Å². The molecule has 2 rings (SSSR count). The first-order chi connectivity index (χ1) is 4.70.